The van der Waals surface area contributed by atoms with Crippen molar-refractivity contribution in [3.8, 4) is 0 Å². The molecule has 0 radical (unpaired) electrons. The van der Waals surface area contributed by atoms with Crippen LogP contribution in [0, 0.1) is 0 Å². The van der Waals surface area contributed by atoms with Crippen LogP contribution in [0.15, 0.2) is 24.3 Å². The molecule has 2 heterocycles. The lowest BCUT2D eigenvalue weighted by Gasteiger charge is -2.13. The maximum absolute atomic E-state index is 5.42. The Bertz CT molecular complexity index is 417. The van der Waals surface area contributed by atoms with Gasteiger partial charge in [-0.3, -0.25) is 0 Å². The molecule has 0 N–H and O–H groups in total. The first-order valence-electron chi connectivity index (χ1n) is 6.28. The molecular formula is C13H16O6. The van der Waals surface area contributed by atoms with Gasteiger partial charge in [-0.25, -0.2) is 14.7 Å². The first kappa shape index (κ1) is 13.0. The van der Waals surface area contributed by atoms with Gasteiger partial charge in [-0.1, -0.05) is 24.3 Å². The predicted molar refractivity (Wildman–Crippen MR) is 62.1 cm³/mol. The molecule has 1 unspecified atom stereocenters. The maximum Gasteiger partial charge on any atom is 0.220 e. The second-order valence-electron chi connectivity index (χ2n) is 4.39. The lowest BCUT2D eigenvalue weighted by Crippen LogP contribution is -2.12. The van der Waals surface area contributed by atoms with Crippen LogP contribution >= 0.6 is 0 Å². The molecule has 0 aromatic heterocycles. The van der Waals surface area contributed by atoms with Crippen LogP contribution < -0.4 is 0 Å². The van der Waals surface area contributed by atoms with Gasteiger partial charge >= 0.3 is 0 Å². The fraction of sp³-hybridized carbons (Fsp3) is 0.538. The van der Waals surface area contributed by atoms with Gasteiger partial charge in [0.2, 0.25) is 6.29 Å². The molecule has 19 heavy (non-hydrogen) atoms. The number of hydrogen-bond donors (Lipinski definition) is 0. The van der Waals surface area contributed by atoms with Crippen LogP contribution in [0.2, 0.25) is 0 Å². The summed E-state index contributed by atoms with van der Waals surface area (Å²) in [6, 6.07) is 7.91. The molecule has 3 atom stereocenters. The van der Waals surface area contributed by atoms with E-state index >= 15 is 0 Å². The molecule has 2 saturated heterocycles. The summed E-state index contributed by atoms with van der Waals surface area (Å²) >= 11 is 0. The summed E-state index contributed by atoms with van der Waals surface area (Å²) in [5.74, 6) is 0. The zero-order valence-corrected chi connectivity index (χ0v) is 10.6. The van der Waals surface area contributed by atoms with Crippen molar-refractivity contribution in [3.63, 3.8) is 0 Å². The number of aryl methyl sites for hydroxylation is 1. The normalized spacial score (nSPS) is 30.9. The van der Waals surface area contributed by atoms with Gasteiger partial charge in [0.15, 0.2) is 19.4 Å². The van der Waals surface area contributed by atoms with Crippen molar-refractivity contribution in [2.24, 2.45) is 0 Å². The van der Waals surface area contributed by atoms with Crippen molar-refractivity contribution in [1.29, 1.82) is 0 Å². The van der Waals surface area contributed by atoms with Gasteiger partial charge in [-0.05, 0) is 18.9 Å². The highest BCUT2D eigenvalue weighted by Gasteiger charge is 2.26. The van der Waals surface area contributed by atoms with Crippen molar-refractivity contribution in [1.82, 2.24) is 0 Å². The van der Waals surface area contributed by atoms with Crippen LogP contribution in [0.25, 0.3) is 0 Å². The van der Waals surface area contributed by atoms with E-state index in [2.05, 4.69) is 0 Å². The highest BCUT2D eigenvalue weighted by Crippen LogP contribution is 2.28. The molecule has 1 aromatic carbocycles. The average molecular weight is 268 g/mol. The fourth-order valence-electron chi connectivity index (χ4n) is 2.13. The first-order valence-corrected chi connectivity index (χ1v) is 6.28. The second-order valence-corrected chi connectivity index (χ2v) is 4.39. The quantitative estimate of drug-likeness (QED) is 0.780. The highest BCUT2D eigenvalue weighted by atomic mass is 17.3. The van der Waals surface area contributed by atoms with Gasteiger partial charge in [0.1, 0.15) is 0 Å². The monoisotopic (exact) mass is 268 g/mol. The number of hydrogen-bond acceptors (Lipinski definition) is 6. The van der Waals surface area contributed by atoms with Crippen LogP contribution in [0.4, 0.5) is 0 Å². The van der Waals surface area contributed by atoms with Gasteiger partial charge in [0.05, 0.1) is 0 Å². The SMILES string of the molecule is C[C@H]1OO[C@H](CCc2ccccc2C2OCOO2)O1. The van der Waals surface area contributed by atoms with E-state index in [9.17, 15) is 0 Å². The molecule has 0 amide bonds. The van der Waals surface area contributed by atoms with E-state index in [4.69, 9.17) is 29.0 Å². The Balaban J connectivity index is 1.63. The zero-order chi connectivity index (χ0) is 13.1. The Hall–Kier alpha value is -1.02. The summed E-state index contributed by atoms with van der Waals surface area (Å²) in [7, 11) is 0. The van der Waals surface area contributed by atoms with Gasteiger partial charge in [0, 0.05) is 12.0 Å². The Kier molecular flexibility index (Phi) is 4.07. The van der Waals surface area contributed by atoms with E-state index in [0.717, 1.165) is 17.5 Å². The van der Waals surface area contributed by atoms with Gasteiger partial charge in [-0.15, -0.1) is 0 Å². The summed E-state index contributed by atoms with van der Waals surface area (Å²) in [5.41, 5.74) is 2.08. The molecule has 0 saturated carbocycles. The molecule has 2 fully saturated rings. The Morgan fingerprint density at radius 1 is 1.16 bits per heavy atom. The molecule has 0 bridgehead atoms. The van der Waals surface area contributed by atoms with Crippen molar-refractivity contribution < 1.29 is 29.0 Å². The molecule has 2 aliphatic rings. The molecular weight excluding hydrogens is 252 g/mol. The van der Waals surface area contributed by atoms with Crippen LogP contribution in [0.3, 0.4) is 0 Å². The molecule has 0 aliphatic carbocycles. The first-order chi connectivity index (χ1) is 9.33. The minimum atomic E-state index is -0.461. The Morgan fingerprint density at radius 2 is 2.05 bits per heavy atom. The van der Waals surface area contributed by atoms with Crippen LogP contribution in [0.5, 0.6) is 0 Å². The number of benzene rings is 1. The van der Waals surface area contributed by atoms with E-state index in [1.165, 1.54) is 0 Å². The molecule has 1 aromatic rings. The summed E-state index contributed by atoms with van der Waals surface area (Å²) in [5, 5.41) is 0. The zero-order valence-electron chi connectivity index (χ0n) is 10.6. The Labute approximate surface area is 111 Å². The third-order valence-corrected chi connectivity index (χ3v) is 3.02. The van der Waals surface area contributed by atoms with E-state index in [-0.39, 0.29) is 19.4 Å². The van der Waals surface area contributed by atoms with E-state index in [1.807, 2.05) is 24.3 Å². The highest BCUT2D eigenvalue weighted by molar-refractivity contribution is 5.28. The summed E-state index contributed by atoms with van der Waals surface area (Å²) in [4.78, 5) is 19.8. The lowest BCUT2D eigenvalue weighted by atomic mass is 10.0. The van der Waals surface area contributed by atoms with Crippen LogP contribution in [-0.2, 0) is 35.4 Å². The summed E-state index contributed by atoms with van der Waals surface area (Å²) in [6.07, 6.45) is 0.381. The minimum absolute atomic E-state index is 0.152. The summed E-state index contributed by atoms with van der Waals surface area (Å²) < 4.78 is 10.8. The van der Waals surface area contributed by atoms with Crippen LogP contribution in [0.1, 0.15) is 30.8 Å². The molecule has 2 aliphatic heterocycles. The van der Waals surface area contributed by atoms with Crippen molar-refractivity contribution >= 4 is 0 Å². The molecule has 6 heteroatoms. The van der Waals surface area contributed by atoms with E-state index < -0.39 is 6.29 Å². The number of rotatable bonds is 4. The fourth-order valence-corrected chi connectivity index (χ4v) is 2.13. The van der Waals surface area contributed by atoms with Crippen molar-refractivity contribution in [3.05, 3.63) is 35.4 Å². The molecule has 0 spiro atoms. The summed E-state index contributed by atoms with van der Waals surface area (Å²) in [6.45, 7) is 1.95. The minimum Gasteiger partial charge on any atom is -0.318 e. The van der Waals surface area contributed by atoms with Crippen molar-refractivity contribution in [2.75, 3.05) is 6.79 Å². The second kappa shape index (κ2) is 5.96. The van der Waals surface area contributed by atoms with Crippen LogP contribution in [-0.4, -0.2) is 19.4 Å². The maximum atomic E-state index is 5.42. The van der Waals surface area contributed by atoms with Gasteiger partial charge in [-0.2, -0.15) is 4.89 Å². The van der Waals surface area contributed by atoms with Crippen molar-refractivity contribution in [2.45, 2.75) is 38.6 Å². The third-order valence-electron chi connectivity index (χ3n) is 3.02. The standard InChI is InChI=1S/C13H16O6/c1-9-16-12(18-17-9)7-6-10-4-2-3-5-11(10)13-14-8-15-19-13/h2-5,9,12-13H,6-8H2,1H3/t9-,12-,13?/m1/s1. The lowest BCUT2D eigenvalue weighted by molar-refractivity contribution is -0.294. The molecule has 3 rings (SSSR count). The van der Waals surface area contributed by atoms with E-state index in [1.54, 1.807) is 6.92 Å². The average Bonchev–Trinajstić information content (AvgIpc) is 3.08. The predicted octanol–water partition coefficient (Wildman–Crippen LogP) is 2.20. The number of ether oxygens (including phenoxy) is 2. The molecule has 104 valence electrons. The smallest absolute Gasteiger partial charge is 0.220 e. The Morgan fingerprint density at radius 3 is 2.79 bits per heavy atom. The third kappa shape index (κ3) is 3.11. The van der Waals surface area contributed by atoms with Gasteiger partial charge in [0.25, 0.3) is 0 Å². The van der Waals surface area contributed by atoms with Gasteiger partial charge < -0.3 is 9.47 Å². The largest absolute Gasteiger partial charge is 0.318 e. The van der Waals surface area contributed by atoms with E-state index in [0.29, 0.717) is 6.42 Å². The topological polar surface area (TPSA) is 55.4 Å². The molecule has 6 nitrogen and oxygen atoms in total.